The molecule has 0 aliphatic heterocycles. The van der Waals surface area contributed by atoms with Gasteiger partial charge in [-0.1, -0.05) is 0 Å². The molecule has 0 bridgehead atoms. The summed E-state index contributed by atoms with van der Waals surface area (Å²) in [6, 6.07) is 0. The topological polar surface area (TPSA) is 17.1 Å². The molecule has 0 radical (unpaired) electrons. The van der Waals surface area contributed by atoms with Crippen LogP contribution >= 0.6 is 0 Å². The van der Waals surface area contributed by atoms with Crippen LogP contribution in [0.3, 0.4) is 0 Å². The van der Waals surface area contributed by atoms with Crippen molar-refractivity contribution in [3.8, 4) is 0 Å². The summed E-state index contributed by atoms with van der Waals surface area (Å²) in [4.78, 5) is 0. The van der Waals surface area contributed by atoms with E-state index in [4.69, 9.17) is 3.83 Å². The van der Waals surface area contributed by atoms with Crippen LogP contribution in [0.5, 0.6) is 0 Å². The molecular formula is H5BiCaCuHgO. The quantitative estimate of drug-likeness (QED) is 0.322. The predicted octanol–water partition coefficient (Wildman–Crippen LogP) is -2.22. The second kappa shape index (κ2) is 26.2. The summed E-state index contributed by atoms with van der Waals surface area (Å²) < 4.78 is 7.81. The predicted molar refractivity (Wildman–Crippen MR) is 19.2 cm³/mol. The van der Waals surface area contributed by atoms with Crippen LogP contribution in [0.4, 0.5) is 0 Å². The zero-order chi connectivity index (χ0) is 2.00. The second-order valence-corrected chi connectivity index (χ2v) is 0. The standard InChI is InChI=1S/Bi.Ca.Cu.Hg.O.5H. The van der Waals surface area contributed by atoms with Crippen molar-refractivity contribution in [2.45, 2.75) is 0 Å². The number of rotatable bonds is 0. The van der Waals surface area contributed by atoms with Gasteiger partial charge in [-0.2, -0.15) is 0 Å². The molecular weight excluding hydrogens is 529 g/mol. The van der Waals surface area contributed by atoms with E-state index in [1.807, 2.05) is 0 Å². The molecule has 0 aromatic rings. The normalized spacial score (nSPS) is 1.20. The van der Waals surface area contributed by atoms with Crippen molar-refractivity contribution < 1.29 is 47.4 Å². The van der Waals surface area contributed by atoms with Crippen LogP contribution in [0.2, 0.25) is 0 Å². The van der Waals surface area contributed by atoms with Gasteiger partial charge in [0.05, 0.1) is 0 Å². The fraction of sp³-hybridized carbons (Fsp3) is 0. The Labute approximate surface area is 109 Å². The van der Waals surface area contributed by atoms with E-state index >= 15 is 0 Å². The monoisotopic (exact) mass is 535 g/mol. The van der Waals surface area contributed by atoms with Crippen molar-refractivity contribution in [3.63, 3.8) is 0 Å². The van der Waals surface area contributed by atoms with Crippen molar-refractivity contribution in [2.75, 3.05) is 0 Å². The molecule has 0 aromatic carbocycles. The van der Waals surface area contributed by atoms with E-state index in [1.54, 1.807) is 0 Å². The molecule has 31 valence electrons. The van der Waals surface area contributed by atoms with Gasteiger partial charge in [0.25, 0.3) is 0 Å². The van der Waals surface area contributed by atoms with Gasteiger partial charge in [-0.3, -0.25) is 0 Å². The minimum atomic E-state index is 0. The Hall–Kier alpha value is 3.40. The third-order valence-electron chi connectivity index (χ3n) is 0. The van der Waals surface area contributed by atoms with Crippen LogP contribution < -0.4 is 0 Å². The first kappa shape index (κ1) is 23.8. The van der Waals surface area contributed by atoms with Gasteiger partial charge in [0.2, 0.25) is 0 Å². The summed E-state index contributed by atoms with van der Waals surface area (Å²) in [5.74, 6) is 0. The van der Waals surface area contributed by atoms with Crippen molar-refractivity contribution in [2.24, 2.45) is 0 Å². The maximum absolute atomic E-state index is 7.81. The summed E-state index contributed by atoms with van der Waals surface area (Å²) in [5.41, 5.74) is 0. The molecule has 0 aromatic heterocycles. The summed E-state index contributed by atoms with van der Waals surface area (Å²) in [6.07, 6.45) is 0. The fourth-order valence-electron chi connectivity index (χ4n) is 0. The maximum atomic E-state index is 7.81. The fourth-order valence-corrected chi connectivity index (χ4v) is 0. The Balaban J connectivity index is -0.00000000167. The van der Waals surface area contributed by atoms with E-state index in [9.17, 15) is 0 Å². The molecule has 5 heteroatoms. The SMILES string of the molecule is [BiH3].[CaH2].[Hg].[O]=[Cu]. The van der Waals surface area contributed by atoms with Crippen LogP contribution in [0.1, 0.15) is 0 Å². The van der Waals surface area contributed by atoms with Crippen LogP contribution in [0.25, 0.3) is 0 Å². The Morgan fingerprint density at radius 2 is 1.20 bits per heavy atom. The molecule has 0 unspecified atom stereocenters. The van der Waals surface area contributed by atoms with Gasteiger partial charge in [0.1, 0.15) is 0 Å². The molecule has 5 heavy (non-hydrogen) atoms. The van der Waals surface area contributed by atoms with Crippen molar-refractivity contribution in [1.82, 2.24) is 0 Å². The van der Waals surface area contributed by atoms with E-state index in [-0.39, 0.29) is 91.6 Å². The molecule has 0 heterocycles. The summed E-state index contributed by atoms with van der Waals surface area (Å²) >= 11 is 2.94. The summed E-state index contributed by atoms with van der Waals surface area (Å²) in [7, 11) is 0. The van der Waals surface area contributed by atoms with Gasteiger partial charge in [-0.25, -0.2) is 0 Å². The first-order chi connectivity index (χ1) is 1.00. The molecule has 0 atom stereocenters. The van der Waals surface area contributed by atoms with E-state index in [0.717, 1.165) is 0 Å². The van der Waals surface area contributed by atoms with Crippen LogP contribution in [0.15, 0.2) is 0 Å². The minimum absolute atomic E-state index is 0. The molecule has 0 aliphatic carbocycles. The van der Waals surface area contributed by atoms with Crippen LogP contribution in [-0.4, -0.2) is 63.9 Å². The molecule has 0 aliphatic rings. The Morgan fingerprint density at radius 3 is 1.20 bits per heavy atom. The molecule has 0 spiro atoms. The van der Waals surface area contributed by atoms with Crippen LogP contribution in [-0.2, 0) is 47.4 Å². The first-order valence-corrected chi connectivity index (χ1v) is 0.508. The molecule has 0 saturated heterocycles. The van der Waals surface area contributed by atoms with Gasteiger partial charge in [-0.05, 0) is 0 Å². The van der Waals surface area contributed by atoms with Gasteiger partial charge in [0.15, 0.2) is 0 Å². The third kappa shape index (κ3) is 18.7. The van der Waals surface area contributed by atoms with E-state index in [1.165, 1.54) is 0 Å². The summed E-state index contributed by atoms with van der Waals surface area (Å²) in [5, 5.41) is 0. The van der Waals surface area contributed by atoms with Crippen molar-refractivity contribution in [1.29, 1.82) is 0 Å². The Morgan fingerprint density at radius 1 is 1.20 bits per heavy atom. The Kier molecular flexibility index (Phi) is 125. The average Bonchev–Trinajstić information content (AvgIpc) is 1.00. The second-order valence-electron chi connectivity index (χ2n) is 0. The van der Waals surface area contributed by atoms with E-state index in [2.05, 4.69) is 15.9 Å². The average molecular weight is 534 g/mol. The Bertz CT molecular complexity index is 11.6. The van der Waals surface area contributed by atoms with Gasteiger partial charge in [0, 0.05) is 27.7 Å². The molecule has 0 amide bonds. The van der Waals surface area contributed by atoms with Gasteiger partial charge < -0.3 is 0 Å². The van der Waals surface area contributed by atoms with Gasteiger partial charge in [-0.15, -0.1) is 0 Å². The van der Waals surface area contributed by atoms with Crippen LogP contribution in [0, 0.1) is 0 Å². The number of hydrogen-bond donors (Lipinski definition) is 0. The molecule has 1 nitrogen and oxygen atoms in total. The molecule has 0 saturated carbocycles. The zero-order valence-electron chi connectivity index (χ0n) is 2.12. The molecule has 0 fully saturated rings. The van der Waals surface area contributed by atoms with Gasteiger partial charge >= 0.3 is 83.7 Å². The summed E-state index contributed by atoms with van der Waals surface area (Å²) in [6.45, 7) is 0. The first-order valence-electron chi connectivity index (χ1n) is 0.123. The number of hydrogen-bond acceptors (Lipinski definition) is 1. The van der Waals surface area contributed by atoms with Crippen molar-refractivity contribution in [3.05, 3.63) is 0 Å². The van der Waals surface area contributed by atoms with Crippen molar-refractivity contribution >= 4 is 63.9 Å². The van der Waals surface area contributed by atoms with E-state index in [0.29, 0.717) is 0 Å². The molecule has 0 rings (SSSR count). The molecule has 0 N–H and O–H groups in total. The van der Waals surface area contributed by atoms with E-state index < -0.39 is 0 Å². The third-order valence-corrected chi connectivity index (χ3v) is 0. The zero-order valence-corrected chi connectivity index (χ0v) is 14.1.